The average molecular weight is 360 g/mol. The molecule has 0 radical (unpaired) electrons. The number of ether oxygens (including phenoxy) is 1. The van der Waals surface area contributed by atoms with Gasteiger partial charge in [-0.05, 0) is 30.9 Å². The first-order valence-corrected chi connectivity index (χ1v) is 8.75. The van der Waals surface area contributed by atoms with Crippen molar-refractivity contribution in [2.45, 2.75) is 38.1 Å². The number of rotatable bonds is 4. The van der Waals surface area contributed by atoms with Gasteiger partial charge in [-0.15, -0.1) is 0 Å². The largest absolute Gasteiger partial charge is 0.497 e. The van der Waals surface area contributed by atoms with Gasteiger partial charge >= 0.3 is 6.03 Å². The summed E-state index contributed by atoms with van der Waals surface area (Å²) < 4.78 is 5.11. The number of methoxy groups -OCH3 is 1. The second kappa shape index (κ2) is 6.86. The Labute approximate surface area is 152 Å². The van der Waals surface area contributed by atoms with Crippen molar-refractivity contribution in [3.8, 4) is 5.75 Å². The molecule has 1 heterocycles. The van der Waals surface area contributed by atoms with E-state index in [2.05, 4.69) is 10.6 Å². The number of hydrogen-bond donors (Lipinski definition) is 3. The fraction of sp³-hybridized carbons (Fsp3) is 0.500. The molecule has 8 nitrogen and oxygen atoms in total. The minimum atomic E-state index is -0.870. The average Bonchev–Trinajstić information content (AvgIpc) is 2.84. The number of carbonyl (C=O) groups is 3. The minimum absolute atomic E-state index is 0.0507. The first-order valence-electron chi connectivity index (χ1n) is 8.75. The minimum Gasteiger partial charge on any atom is -0.497 e. The maximum atomic E-state index is 12.9. The maximum Gasteiger partial charge on any atom is 0.325 e. The third-order valence-corrected chi connectivity index (χ3v) is 5.34. The van der Waals surface area contributed by atoms with Crippen molar-refractivity contribution in [3.63, 3.8) is 0 Å². The second-order valence-corrected chi connectivity index (χ2v) is 6.94. The zero-order valence-corrected chi connectivity index (χ0v) is 15.0. The van der Waals surface area contributed by atoms with E-state index in [0.717, 1.165) is 24.2 Å². The van der Waals surface area contributed by atoms with Gasteiger partial charge in [0, 0.05) is 6.07 Å². The lowest BCUT2D eigenvalue weighted by Gasteiger charge is -2.36. The summed E-state index contributed by atoms with van der Waals surface area (Å²) in [5.74, 6) is -0.216. The van der Waals surface area contributed by atoms with Crippen molar-refractivity contribution in [2.24, 2.45) is 5.92 Å². The number of nitrogens with two attached hydrogens (primary N) is 1. The van der Waals surface area contributed by atoms with Crippen LogP contribution in [0.25, 0.3) is 0 Å². The van der Waals surface area contributed by atoms with Gasteiger partial charge in [0.1, 0.15) is 17.8 Å². The monoisotopic (exact) mass is 360 g/mol. The predicted octanol–water partition coefficient (Wildman–Crippen LogP) is 1.72. The second-order valence-electron chi connectivity index (χ2n) is 6.94. The molecule has 1 aliphatic carbocycles. The Morgan fingerprint density at radius 3 is 2.88 bits per heavy atom. The molecule has 140 valence electrons. The summed E-state index contributed by atoms with van der Waals surface area (Å²) in [6.45, 7) is 1.62. The van der Waals surface area contributed by atoms with Crippen LogP contribution in [0.2, 0.25) is 0 Å². The van der Waals surface area contributed by atoms with Crippen LogP contribution in [-0.2, 0) is 9.59 Å². The Bertz CT molecular complexity index is 751. The number of hydrogen-bond acceptors (Lipinski definition) is 5. The molecule has 0 aromatic heterocycles. The number of urea groups is 1. The van der Waals surface area contributed by atoms with Gasteiger partial charge in [-0.2, -0.15) is 0 Å². The number of anilines is 2. The van der Waals surface area contributed by atoms with Crippen LogP contribution in [-0.4, -0.2) is 41.9 Å². The van der Waals surface area contributed by atoms with E-state index in [1.165, 1.54) is 7.11 Å². The fourth-order valence-corrected chi connectivity index (χ4v) is 3.74. The van der Waals surface area contributed by atoms with Crippen LogP contribution in [0.3, 0.4) is 0 Å². The molecule has 26 heavy (non-hydrogen) atoms. The molecule has 4 amide bonds. The molecule has 2 aliphatic rings. The molecule has 1 saturated carbocycles. The van der Waals surface area contributed by atoms with E-state index >= 15 is 0 Å². The molecular weight excluding hydrogens is 336 g/mol. The highest BCUT2D eigenvalue weighted by Crippen LogP contribution is 2.38. The molecular formula is C18H24N4O4. The van der Waals surface area contributed by atoms with Crippen molar-refractivity contribution in [1.82, 2.24) is 10.2 Å². The third kappa shape index (κ3) is 3.07. The Balaban J connectivity index is 1.71. The van der Waals surface area contributed by atoms with E-state index in [1.54, 1.807) is 18.2 Å². The lowest BCUT2D eigenvalue weighted by atomic mass is 9.73. The molecule has 1 spiro atoms. The van der Waals surface area contributed by atoms with Crippen molar-refractivity contribution in [1.29, 1.82) is 0 Å². The van der Waals surface area contributed by atoms with E-state index < -0.39 is 17.5 Å². The molecule has 3 rings (SSSR count). The van der Waals surface area contributed by atoms with E-state index in [9.17, 15) is 14.4 Å². The molecule has 4 N–H and O–H groups in total. The number of carbonyl (C=O) groups excluding carboxylic acids is 3. The summed E-state index contributed by atoms with van der Waals surface area (Å²) in [5, 5.41) is 5.47. The Morgan fingerprint density at radius 1 is 1.42 bits per heavy atom. The molecule has 2 fully saturated rings. The molecule has 1 aliphatic heterocycles. The van der Waals surface area contributed by atoms with Crippen LogP contribution in [0, 0.1) is 5.92 Å². The van der Waals surface area contributed by atoms with E-state index in [1.807, 2.05) is 6.92 Å². The van der Waals surface area contributed by atoms with E-state index in [-0.39, 0.29) is 18.4 Å². The number of amides is 4. The van der Waals surface area contributed by atoms with Crippen LogP contribution >= 0.6 is 0 Å². The quantitative estimate of drug-likeness (QED) is 0.559. The lowest BCUT2D eigenvalue weighted by Crippen LogP contribution is -2.54. The molecule has 2 atom stereocenters. The highest BCUT2D eigenvalue weighted by molar-refractivity contribution is 6.10. The third-order valence-electron chi connectivity index (χ3n) is 5.34. The van der Waals surface area contributed by atoms with Crippen LogP contribution in [0.4, 0.5) is 16.2 Å². The smallest absolute Gasteiger partial charge is 0.325 e. The molecule has 0 bridgehead atoms. The van der Waals surface area contributed by atoms with Gasteiger partial charge in [0.25, 0.3) is 5.91 Å². The Kier molecular flexibility index (Phi) is 4.76. The number of nitrogens with zero attached hydrogens (tertiary/aromatic N) is 1. The standard InChI is InChI=1S/C18H24N4O4/c1-11-5-3-4-8-18(11)16(24)22(17(25)21-18)10-15(23)20-14-9-12(26-2)6-7-13(14)19/h6-7,9,11H,3-5,8,10,19H2,1-2H3,(H,20,23)(H,21,25). The number of nitrogen functional groups attached to an aromatic ring is 1. The predicted molar refractivity (Wildman–Crippen MR) is 96.6 cm³/mol. The van der Waals surface area contributed by atoms with Crippen molar-refractivity contribution in [3.05, 3.63) is 18.2 Å². The van der Waals surface area contributed by atoms with E-state index in [4.69, 9.17) is 10.5 Å². The molecule has 2 unspecified atom stereocenters. The van der Waals surface area contributed by atoms with Crippen molar-refractivity contribution in [2.75, 3.05) is 24.7 Å². The van der Waals surface area contributed by atoms with Crippen LogP contribution < -0.4 is 21.1 Å². The summed E-state index contributed by atoms with van der Waals surface area (Å²) in [4.78, 5) is 38.6. The first-order chi connectivity index (χ1) is 12.4. The van der Waals surface area contributed by atoms with Crippen LogP contribution in [0.5, 0.6) is 5.75 Å². The van der Waals surface area contributed by atoms with Gasteiger partial charge < -0.3 is 21.1 Å². The molecule has 1 saturated heterocycles. The van der Waals surface area contributed by atoms with Gasteiger partial charge in [-0.1, -0.05) is 19.8 Å². The fourth-order valence-electron chi connectivity index (χ4n) is 3.74. The SMILES string of the molecule is COc1ccc(N)c(NC(=O)CN2C(=O)NC3(CCCCC3C)C2=O)c1. The molecule has 8 heteroatoms. The maximum absolute atomic E-state index is 12.9. The van der Waals surface area contributed by atoms with E-state index in [0.29, 0.717) is 23.5 Å². The summed E-state index contributed by atoms with van der Waals surface area (Å²) in [6.07, 6.45) is 3.42. The van der Waals surface area contributed by atoms with Crippen LogP contribution in [0.1, 0.15) is 32.6 Å². The number of imide groups is 1. The normalized spacial score (nSPS) is 25.3. The van der Waals surface area contributed by atoms with Gasteiger partial charge in [-0.25, -0.2) is 4.79 Å². The van der Waals surface area contributed by atoms with Crippen LogP contribution in [0.15, 0.2) is 18.2 Å². The summed E-state index contributed by atoms with van der Waals surface area (Å²) in [7, 11) is 1.51. The lowest BCUT2D eigenvalue weighted by molar-refractivity contribution is -0.136. The van der Waals surface area contributed by atoms with Gasteiger partial charge in [0.15, 0.2) is 0 Å². The van der Waals surface area contributed by atoms with Gasteiger partial charge in [-0.3, -0.25) is 14.5 Å². The summed E-state index contributed by atoms with van der Waals surface area (Å²) in [5.41, 5.74) is 5.73. The zero-order chi connectivity index (χ0) is 18.9. The highest BCUT2D eigenvalue weighted by Gasteiger charge is 2.55. The Hall–Kier alpha value is -2.77. The summed E-state index contributed by atoms with van der Waals surface area (Å²) in [6, 6.07) is 4.36. The topological polar surface area (TPSA) is 114 Å². The number of benzene rings is 1. The van der Waals surface area contributed by atoms with Crippen molar-refractivity contribution < 1.29 is 19.1 Å². The molecule has 1 aromatic rings. The summed E-state index contributed by atoms with van der Waals surface area (Å²) >= 11 is 0. The highest BCUT2D eigenvalue weighted by atomic mass is 16.5. The van der Waals surface area contributed by atoms with Gasteiger partial charge in [0.2, 0.25) is 5.91 Å². The Morgan fingerprint density at radius 2 is 2.19 bits per heavy atom. The van der Waals surface area contributed by atoms with Gasteiger partial charge in [0.05, 0.1) is 18.5 Å². The zero-order valence-electron chi connectivity index (χ0n) is 15.0. The molecule has 1 aromatic carbocycles. The number of nitrogens with one attached hydrogen (secondary N) is 2. The van der Waals surface area contributed by atoms with Crippen molar-refractivity contribution >= 4 is 29.2 Å². The first kappa shape index (κ1) is 18.0.